The van der Waals surface area contributed by atoms with Gasteiger partial charge in [-0.2, -0.15) is 16.6 Å². The molecule has 23 heavy (non-hydrogen) atoms. The van der Waals surface area contributed by atoms with E-state index in [1.807, 2.05) is 6.07 Å². The van der Waals surface area contributed by atoms with Crippen LogP contribution in [0.25, 0.3) is 0 Å². The number of nitriles is 1. The van der Waals surface area contributed by atoms with E-state index in [1.165, 1.54) is 24.2 Å². The Morgan fingerprint density at radius 1 is 1.17 bits per heavy atom. The van der Waals surface area contributed by atoms with E-state index >= 15 is 0 Å². The monoisotopic (exact) mass is 325 g/mol. The van der Waals surface area contributed by atoms with Gasteiger partial charge in [-0.05, 0) is 54.5 Å². The van der Waals surface area contributed by atoms with Crippen molar-refractivity contribution in [1.82, 2.24) is 0 Å². The van der Waals surface area contributed by atoms with Gasteiger partial charge in [0.25, 0.3) is 0 Å². The van der Waals surface area contributed by atoms with Crippen molar-refractivity contribution in [2.45, 2.75) is 12.8 Å². The summed E-state index contributed by atoms with van der Waals surface area (Å²) in [6.45, 7) is 0.699. The van der Waals surface area contributed by atoms with Crippen molar-refractivity contribution in [3.05, 3.63) is 52.2 Å². The first-order valence-electron chi connectivity index (χ1n) is 7.42. The Morgan fingerprint density at radius 3 is 2.43 bits per heavy atom. The second-order valence-electron chi connectivity index (χ2n) is 5.58. The fourth-order valence-electron chi connectivity index (χ4n) is 2.19. The second kappa shape index (κ2) is 6.76. The molecule has 1 aliphatic rings. The zero-order chi connectivity index (χ0) is 16.2. The number of ketones is 2. The summed E-state index contributed by atoms with van der Waals surface area (Å²) in [5.41, 5.74) is 0.748. The number of hydrogen-bond donors (Lipinski definition) is 0. The maximum atomic E-state index is 12.4. The molecule has 2 aromatic rings. The molecular weight excluding hydrogens is 310 g/mol. The Morgan fingerprint density at radius 2 is 1.87 bits per heavy atom. The van der Waals surface area contributed by atoms with Gasteiger partial charge in [0.2, 0.25) is 0 Å². The van der Waals surface area contributed by atoms with Gasteiger partial charge in [-0.25, -0.2) is 0 Å². The number of nitrogens with zero attached hydrogens (tertiary/aromatic N) is 1. The predicted molar refractivity (Wildman–Crippen MR) is 86.7 cm³/mol. The summed E-state index contributed by atoms with van der Waals surface area (Å²) in [5.74, 6) is -0.873. The van der Waals surface area contributed by atoms with Crippen molar-refractivity contribution in [3.63, 3.8) is 0 Å². The summed E-state index contributed by atoms with van der Waals surface area (Å²) in [6, 6.07) is 10.1. The van der Waals surface area contributed by atoms with Crippen LogP contribution in [0, 0.1) is 23.2 Å². The number of benzene rings is 1. The molecule has 0 amide bonds. The third-order valence-electron chi connectivity index (χ3n) is 3.78. The van der Waals surface area contributed by atoms with Crippen LogP contribution in [-0.4, -0.2) is 18.2 Å². The largest absolute Gasteiger partial charge is 0.493 e. The van der Waals surface area contributed by atoms with Gasteiger partial charge in [0.1, 0.15) is 5.75 Å². The zero-order valence-corrected chi connectivity index (χ0v) is 13.2. The van der Waals surface area contributed by atoms with Gasteiger partial charge in [0.05, 0.1) is 12.7 Å². The number of Topliss-reactive ketones (excluding diaryl/α,β-unsaturated/α-hetero) is 2. The molecule has 1 saturated carbocycles. The molecule has 0 spiro atoms. The first kappa shape index (κ1) is 15.4. The third-order valence-corrected chi connectivity index (χ3v) is 4.46. The maximum absolute atomic E-state index is 12.4. The summed E-state index contributed by atoms with van der Waals surface area (Å²) in [6.07, 6.45) is 2.43. The van der Waals surface area contributed by atoms with Gasteiger partial charge in [-0.15, -0.1) is 0 Å². The first-order chi connectivity index (χ1) is 11.2. The molecule has 1 aromatic heterocycles. The minimum atomic E-state index is -1.30. The van der Waals surface area contributed by atoms with E-state index in [-0.39, 0.29) is 0 Å². The molecule has 0 bridgehead atoms. The number of ether oxygens (including phenoxy) is 1. The van der Waals surface area contributed by atoms with Crippen LogP contribution in [0.1, 0.15) is 33.6 Å². The van der Waals surface area contributed by atoms with Gasteiger partial charge < -0.3 is 4.74 Å². The molecule has 0 aliphatic heterocycles. The molecule has 1 aromatic carbocycles. The van der Waals surface area contributed by atoms with E-state index in [4.69, 9.17) is 4.74 Å². The number of hydrogen-bond acceptors (Lipinski definition) is 5. The van der Waals surface area contributed by atoms with E-state index in [1.54, 1.807) is 41.1 Å². The number of carbonyl (C=O) groups is 2. The molecule has 3 rings (SSSR count). The Balaban J connectivity index is 1.70. The average Bonchev–Trinajstić information content (AvgIpc) is 3.24. The summed E-state index contributed by atoms with van der Waals surface area (Å²) < 4.78 is 5.62. The number of thiophene rings is 1. The molecule has 116 valence electrons. The lowest BCUT2D eigenvalue weighted by atomic mass is 9.92. The van der Waals surface area contributed by atoms with E-state index in [9.17, 15) is 14.9 Å². The fraction of sp³-hybridized carbons (Fsp3) is 0.278. The van der Waals surface area contributed by atoms with Crippen molar-refractivity contribution in [2.24, 2.45) is 11.8 Å². The van der Waals surface area contributed by atoms with Gasteiger partial charge >= 0.3 is 0 Å². The quantitative estimate of drug-likeness (QED) is 0.574. The highest BCUT2D eigenvalue weighted by molar-refractivity contribution is 7.08. The fourth-order valence-corrected chi connectivity index (χ4v) is 2.83. The molecule has 1 aliphatic carbocycles. The highest BCUT2D eigenvalue weighted by Gasteiger charge is 2.28. The van der Waals surface area contributed by atoms with Crippen molar-refractivity contribution in [2.75, 3.05) is 6.61 Å². The molecule has 0 radical (unpaired) electrons. The van der Waals surface area contributed by atoms with Crippen LogP contribution in [0.2, 0.25) is 0 Å². The second-order valence-corrected chi connectivity index (χ2v) is 6.36. The Bertz CT molecular complexity index is 740. The van der Waals surface area contributed by atoms with Crippen LogP contribution >= 0.6 is 11.3 Å². The molecule has 4 nitrogen and oxygen atoms in total. The predicted octanol–water partition coefficient (Wildman–Crippen LogP) is 3.74. The lowest BCUT2D eigenvalue weighted by Crippen LogP contribution is -2.22. The van der Waals surface area contributed by atoms with Crippen LogP contribution in [0.5, 0.6) is 5.75 Å². The molecule has 5 heteroatoms. The van der Waals surface area contributed by atoms with Crippen LogP contribution in [0.15, 0.2) is 41.1 Å². The summed E-state index contributed by atoms with van der Waals surface area (Å²) in [5, 5.41) is 12.6. The molecule has 0 unspecified atom stereocenters. The van der Waals surface area contributed by atoms with Gasteiger partial charge in [-0.1, -0.05) is 0 Å². The highest BCUT2D eigenvalue weighted by atomic mass is 32.1. The van der Waals surface area contributed by atoms with E-state index in [0.29, 0.717) is 29.4 Å². The van der Waals surface area contributed by atoms with Crippen LogP contribution in [0.3, 0.4) is 0 Å². The molecule has 0 N–H and O–H groups in total. The Labute approximate surface area is 138 Å². The number of rotatable bonds is 7. The smallest absolute Gasteiger partial charge is 0.188 e. The first-order valence-corrected chi connectivity index (χ1v) is 8.36. The standard InChI is InChI=1S/C18H15NO3S/c19-9-16(18(21)14-7-8-23-11-14)17(20)13-3-5-15(6-4-13)22-10-12-1-2-12/h3-8,11-12,16H,1-2,10H2/t16-/m1/s1. The molecular formula is C18H15NO3S. The van der Waals surface area contributed by atoms with Crippen molar-refractivity contribution in [1.29, 1.82) is 5.26 Å². The molecule has 1 heterocycles. The van der Waals surface area contributed by atoms with Crippen LogP contribution in [0.4, 0.5) is 0 Å². The van der Waals surface area contributed by atoms with Gasteiger partial charge in [0.15, 0.2) is 17.5 Å². The van der Waals surface area contributed by atoms with Crippen LogP contribution < -0.4 is 4.74 Å². The van der Waals surface area contributed by atoms with Crippen molar-refractivity contribution < 1.29 is 14.3 Å². The zero-order valence-electron chi connectivity index (χ0n) is 12.4. The maximum Gasteiger partial charge on any atom is 0.188 e. The van der Waals surface area contributed by atoms with Crippen molar-refractivity contribution >= 4 is 22.9 Å². The summed E-state index contributed by atoms with van der Waals surface area (Å²) in [4.78, 5) is 24.7. The normalized spacial score (nSPS) is 14.7. The van der Waals surface area contributed by atoms with Crippen LogP contribution in [-0.2, 0) is 0 Å². The Kier molecular flexibility index (Phi) is 4.54. The topological polar surface area (TPSA) is 67.2 Å². The molecule has 1 atom stereocenters. The lowest BCUT2D eigenvalue weighted by molar-refractivity contribution is 0.0846. The SMILES string of the molecule is N#C[C@H](C(=O)c1ccc(OCC2CC2)cc1)C(=O)c1ccsc1. The molecule has 1 fully saturated rings. The number of carbonyl (C=O) groups excluding carboxylic acids is 2. The average molecular weight is 325 g/mol. The van der Waals surface area contributed by atoms with Gasteiger partial charge in [-0.3, -0.25) is 9.59 Å². The minimum Gasteiger partial charge on any atom is -0.493 e. The Hall–Kier alpha value is -2.45. The van der Waals surface area contributed by atoms with Crippen molar-refractivity contribution in [3.8, 4) is 11.8 Å². The minimum absolute atomic E-state index is 0.346. The van der Waals surface area contributed by atoms with Gasteiger partial charge in [0, 0.05) is 16.5 Å². The summed E-state index contributed by atoms with van der Waals surface area (Å²) >= 11 is 1.36. The van der Waals surface area contributed by atoms with E-state index < -0.39 is 17.5 Å². The van der Waals surface area contributed by atoms with E-state index in [2.05, 4.69) is 0 Å². The van der Waals surface area contributed by atoms with E-state index in [0.717, 1.165) is 0 Å². The lowest BCUT2D eigenvalue weighted by Gasteiger charge is -2.08. The third kappa shape index (κ3) is 3.66. The highest BCUT2D eigenvalue weighted by Crippen LogP contribution is 2.29. The molecule has 0 saturated heterocycles. The summed E-state index contributed by atoms with van der Waals surface area (Å²) in [7, 11) is 0.